The first-order valence-electron chi connectivity index (χ1n) is 5.93. The molecule has 1 aromatic carbocycles. The summed E-state index contributed by atoms with van der Waals surface area (Å²) in [5.74, 6) is -0.247. The van der Waals surface area contributed by atoms with Gasteiger partial charge >= 0.3 is 6.03 Å². The van der Waals surface area contributed by atoms with Gasteiger partial charge in [-0.2, -0.15) is 0 Å². The van der Waals surface area contributed by atoms with Crippen molar-refractivity contribution >= 4 is 23.3 Å². The Morgan fingerprint density at radius 1 is 1.05 bits per heavy atom. The molecule has 0 bridgehead atoms. The van der Waals surface area contributed by atoms with Crippen molar-refractivity contribution in [3.63, 3.8) is 0 Å². The largest absolute Gasteiger partial charge is 0.351 e. The van der Waals surface area contributed by atoms with E-state index in [0.717, 1.165) is 0 Å². The van der Waals surface area contributed by atoms with Crippen LogP contribution in [0.1, 0.15) is 20.8 Å². The predicted octanol–water partition coefficient (Wildman–Crippen LogP) is 1.49. The molecule has 0 aliphatic carbocycles. The third-order valence-electron chi connectivity index (χ3n) is 2.64. The van der Waals surface area contributed by atoms with Crippen LogP contribution < -0.4 is 22.1 Å². The van der Waals surface area contributed by atoms with Gasteiger partial charge in [-0.15, -0.1) is 0 Å². The van der Waals surface area contributed by atoms with E-state index in [2.05, 4.69) is 10.6 Å². The average molecular weight is 264 g/mol. The van der Waals surface area contributed by atoms with Crippen LogP contribution in [0.25, 0.3) is 0 Å². The van der Waals surface area contributed by atoms with Crippen LogP contribution in [-0.4, -0.2) is 18.0 Å². The van der Waals surface area contributed by atoms with Gasteiger partial charge in [0.05, 0.1) is 6.04 Å². The van der Waals surface area contributed by atoms with E-state index < -0.39 is 12.1 Å². The van der Waals surface area contributed by atoms with E-state index in [-0.39, 0.29) is 11.3 Å². The highest BCUT2D eigenvalue weighted by Crippen LogP contribution is 2.19. The van der Waals surface area contributed by atoms with Gasteiger partial charge in [0.2, 0.25) is 5.91 Å². The zero-order valence-corrected chi connectivity index (χ0v) is 11.4. The molecule has 0 saturated heterocycles. The molecule has 0 radical (unpaired) electrons. The van der Waals surface area contributed by atoms with Gasteiger partial charge in [-0.05, 0) is 29.7 Å². The fourth-order valence-electron chi connectivity index (χ4n) is 1.39. The standard InChI is InChI=1S/C13H20N4O2/c1-13(2,3)10(14)11(18)16-8-4-6-9(7-5-8)17-12(15)19/h4-7,10H,14H2,1-3H3,(H,16,18)(H3,15,17,19)/t10-/m1/s1. The van der Waals surface area contributed by atoms with Crippen molar-refractivity contribution in [1.29, 1.82) is 0 Å². The average Bonchev–Trinajstić information content (AvgIpc) is 2.28. The second kappa shape index (κ2) is 5.71. The van der Waals surface area contributed by atoms with Gasteiger partial charge in [0.15, 0.2) is 0 Å². The molecule has 6 nitrogen and oxygen atoms in total. The molecule has 1 atom stereocenters. The SMILES string of the molecule is CC(C)(C)[C@H](N)C(=O)Nc1ccc(NC(N)=O)cc1. The Morgan fingerprint density at radius 3 is 1.84 bits per heavy atom. The third-order valence-corrected chi connectivity index (χ3v) is 2.64. The zero-order chi connectivity index (χ0) is 14.6. The number of amides is 3. The number of nitrogens with two attached hydrogens (primary N) is 2. The van der Waals surface area contributed by atoms with Crippen molar-refractivity contribution in [2.45, 2.75) is 26.8 Å². The van der Waals surface area contributed by atoms with Gasteiger partial charge in [-0.3, -0.25) is 4.79 Å². The number of nitrogens with one attached hydrogen (secondary N) is 2. The molecule has 0 unspecified atom stereocenters. The molecule has 6 N–H and O–H groups in total. The predicted molar refractivity (Wildman–Crippen MR) is 75.7 cm³/mol. The number of urea groups is 1. The van der Waals surface area contributed by atoms with Crippen LogP contribution in [0, 0.1) is 5.41 Å². The normalized spacial score (nSPS) is 12.6. The van der Waals surface area contributed by atoms with E-state index in [0.29, 0.717) is 11.4 Å². The molecule has 0 aliphatic rings. The maximum absolute atomic E-state index is 11.9. The van der Waals surface area contributed by atoms with Crippen molar-refractivity contribution in [3.05, 3.63) is 24.3 Å². The number of carbonyl (C=O) groups is 2. The molecule has 0 saturated carbocycles. The van der Waals surface area contributed by atoms with Crippen LogP contribution in [0.15, 0.2) is 24.3 Å². The fourth-order valence-corrected chi connectivity index (χ4v) is 1.39. The Bertz CT molecular complexity index is 463. The minimum atomic E-state index is -0.633. The van der Waals surface area contributed by atoms with Crippen molar-refractivity contribution < 1.29 is 9.59 Å². The number of rotatable bonds is 3. The summed E-state index contributed by atoms with van der Waals surface area (Å²) in [5.41, 5.74) is 11.7. The molecule has 0 fully saturated rings. The topological polar surface area (TPSA) is 110 Å². The maximum Gasteiger partial charge on any atom is 0.316 e. The lowest BCUT2D eigenvalue weighted by atomic mass is 9.87. The van der Waals surface area contributed by atoms with Crippen LogP contribution in [-0.2, 0) is 4.79 Å². The van der Waals surface area contributed by atoms with E-state index >= 15 is 0 Å². The highest BCUT2D eigenvalue weighted by molar-refractivity contribution is 5.95. The first kappa shape index (κ1) is 15.0. The minimum absolute atomic E-state index is 0.247. The molecule has 3 amide bonds. The maximum atomic E-state index is 11.9. The van der Waals surface area contributed by atoms with Crippen molar-refractivity contribution in [1.82, 2.24) is 0 Å². The van der Waals surface area contributed by atoms with E-state index in [4.69, 9.17) is 11.5 Å². The van der Waals surface area contributed by atoms with Crippen LogP contribution >= 0.6 is 0 Å². The molecule has 1 rings (SSSR count). The Labute approximate surface area is 112 Å². The molecular weight excluding hydrogens is 244 g/mol. The van der Waals surface area contributed by atoms with Gasteiger partial charge < -0.3 is 22.1 Å². The van der Waals surface area contributed by atoms with Crippen LogP contribution in [0.5, 0.6) is 0 Å². The number of anilines is 2. The highest BCUT2D eigenvalue weighted by Gasteiger charge is 2.27. The molecule has 19 heavy (non-hydrogen) atoms. The third kappa shape index (κ3) is 4.59. The number of primary amides is 1. The quantitative estimate of drug-likeness (QED) is 0.663. The fraction of sp³-hybridized carbons (Fsp3) is 0.385. The summed E-state index contributed by atoms with van der Waals surface area (Å²) in [7, 11) is 0. The summed E-state index contributed by atoms with van der Waals surface area (Å²) in [4.78, 5) is 22.6. The molecular formula is C13H20N4O2. The molecule has 0 aliphatic heterocycles. The highest BCUT2D eigenvalue weighted by atomic mass is 16.2. The van der Waals surface area contributed by atoms with E-state index in [1.807, 2.05) is 20.8 Å². The van der Waals surface area contributed by atoms with Crippen molar-refractivity contribution in [2.24, 2.45) is 16.9 Å². The summed E-state index contributed by atoms with van der Waals surface area (Å²) < 4.78 is 0. The molecule has 0 spiro atoms. The lowest BCUT2D eigenvalue weighted by Gasteiger charge is -2.25. The lowest BCUT2D eigenvalue weighted by molar-refractivity contribution is -0.119. The molecule has 1 aromatic rings. The summed E-state index contributed by atoms with van der Waals surface area (Å²) >= 11 is 0. The first-order chi connectivity index (χ1) is 8.70. The van der Waals surface area contributed by atoms with E-state index in [1.54, 1.807) is 24.3 Å². The smallest absolute Gasteiger partial charge is 0.316 e. The molecule has 0 heterocycles. The Hall–Kier alpha value is -2.08. The van der Waals surface area contributed by atoms with Crippen LogP contribution in [0.4, 0.5) is 16.2 Å². The van der Waals surface area contributed by atoms with Gasteiger partial charge in [-0.1, -0.05) is 20.8 Å². The minimum Gasteiger partial charge on any atom is -0.351 e. The second-order valence-corrected chi connectivity index (χ2v) is 5.40. The van der Waals surface area contributed by atoms with Crippen LogP contribution in [0.2, 0.25) is 0 Å². The number of benzene rings is 1. The van der Waals surface area contributed by atoms with Gasteiger partial charge in [0, 0.05) is 11.4 Å². The summed E-state index contributed by atoms with van der Waals surface area (Å²) in [6.45, 7) is 5.70. The lowest BCUT2D eigenvalue weighted by Crippen LogP contribution is -2.45. The van der Waals surface area contributed by atoms with Crippen molar-refractivity contribution in [2.75, 3.05) is 10.6 Å². The number of hydrogen-bond acceptors (Lipinski definition) is 3. The van der Waals surface area contributed by atoms with Gasteiger partial charge in [0.1, 0.15) is 0 Å². The van der Waals surface area contributed by atoms with Crippen LogP contribution in [0.3, 0.4) is 0 Å². The summed E-state index contributed by atoms with van der Waals surface area (Å²) in [6, 6.07) is 5.38. The molecule has 104 valence electrons. The Kier molecular flexibility index (Phi) is 4.50. The zero-order valence-electron chi connectivity index (χ0n) is 11.4. The summed E-state index contributed by atoms with van der Waals surface area (Å²) in [5, 5.41) is 5.15. The number of hydrogen-bond donors (Lipinski definition) is 4. The Balaban J connectivity index is 2.68. The summed E-state index contributed by atoms with van der Waals surface area (Å²) in [6.07, 6.45) is 0. The number of carbonyl (C=O) groups excluding carboxylic acids is 2. The first-order valence-corrected chi connectivity index (χ1v) is 5.93. The monoisotopic (exact) mass is 264 g/mol. The van der Waals surface area contributed by atoms with Gasteiger partial charge in [-0.25, -0.2) is 4.79 Å². The second-order valence-electron chi connectivity index (χ2n) is 5.40. The van der Waals surface area contributed by atoms with Crippen molar-refractivity contribution in [3.8, 4) is 0 Å². The van der Waals surface area contributed by atoms with E-state index in [9.17, 15) is 9.59 Å². The molecule has 6 heteroatoms. The van der Waals surface area contributed by atoms with E-state index in [1.165, 1.54) is 0 Å². The Morgan fingerprint density at radius 2 is 1.47 bits per heavy atom. The van der Waals surface area contributed by atoms with Gasteiger partial charge in [0.25, 0.3) is 0 Å². The molecule has 0 aromatic heterocycles.